The summed E-state index contributed by atoms with van der Waals surface area (Å²) in [6.45, 7) is 3.98. The van der Waals surface area contributed by atoms with E-state index < -0.39 is 6.04 Å². The zero-order valence-corrected chi connectivity index (χ0v) is 12.5. The number of carbonyl (C=O) groups is 2. The topological polar surface area (TPSA) is 49.4 Å². The van der Waals surface area contributed by atoms with Gasteiger partial charge in [0.1, 0.15) is 6.04 Å². The van der Waals surface area contributed by atoms with Crippen molar-refractivity contribution in [2.24, 2.45) is 0 Å². The number of amides is 2. The van der Waals surface area contributed by atoms with Crippen LogP contribution in [0.25, 0.3) is 0 Å². The Hall–Kier alpha value is -1.11. The lowest BCUT2D eigenvalue weighted by Crippen LogP contribution is -2.58. The normalized spacial score (nSPS) is 19.9. The molecule has 1 aliphatic heterocycles. The van der Waals surface area contributed by atoms with Crippen molar-refractivity contribution >= 4 is 40.1 Å². The van der Waals surface area contributed by atoms with E-state index in [1.54, 1.807) is 4.90 Å². The van der Waals surface area contributed by atoms with Crippen molar-refractivity contribution in [2.75, 3.05) is 11.4 Å². The maximum absolute atomic E-state index is 12.1. The molecule has 0 bridgehead atoms. The van der Waals surface area contributed by atoms with E-state index in [1.807, 2.05) is 32.0 Å². The second-order valence-corrected chi connectivity index (χ2v) is 5.45. The summed E-state index contributed by atoms with van der Waals surface area (Å²) in [7, 11) is 0. The van der Waals surface area contributed by atoms with Crippen LogP contribution in [0.15, 0.2) is 18.2 Å². The van der Waals surface area contributed by atoms with Gasteiger partial charge in [-0.3, -0.25) is 14.5 Å². The Kier molecular flexibility index (Phi) is 3.89. The van der Waals surface area contributed by atoms with Gasteiger partial charge in [0, 0.05) is 9.26 Å². The Labute approximate surface area is 120 Å². The van der Waals surface area contributed by atoms with Crippen molar-refractivity contribution in [3.05, 3.63) is 27.3 Å². The Morgan fingerprint density at radius 2 is 2.17 bits per heavy atom. The van der Waals surface area contributed by atoms with E-state index >= 15 is 0 Å². The molecule has 0 aromatic heterocycles. The van der Waals surface area contributed by atoms with Crippen molar-refractivity contribution in [1.82, 2.24) is 5.32 Å². The predicted octanol–water partition coefficient (Wildman–Crippen LogP) is 1.84. The SMILES string of the molecule is CCC1C(=O)NCC(=O)N1c1cccc(I)c1C. The van der Waals surface area contributed by atoms with Crippen molar-refractivity contribution in [1.29, 1.82) is 0 Å². The first kappa shape index (κ1) is 13.3. The van der Waals surface area contributed by atoms with Crippen molar-refractivity contribution in [3.8, 4) is 0 Å². The van der Waals surface area contributed by atoms with Crippen molar-refractivity contribution < 1.29 is 9.59 Å². The number of halogens is 1. The molecule has 1 unspecified atom stereocenters. The molecule has 1 fully saturated rings. The minimum atomic E-state index is -0.400. The van der Waals surface area contributed by atoms with E-state index in [9.17, 15) is 9.59 Å². The summed E-state index contributed by atoms with van der Waals surface area (Å²) in [6, 6.07) is 5.41. The standard InChI is InChI=1S/C13H15IN2O2/c1-3-10-13(18)15-7-12(17)16(10)11-6-4-5-9(14)8(11)2/h4-6,10H,3,7H2,1-2H3,(H,15,18). The van der Waals surface area contributed by atoms with Gasteiger partial charge in [-0.25, -0.2) is 0 Å². The van der Waals surface area contributed by atoms with E-state index in [1.165, 1.54) is 0 Å². The lowest BCUT2D eigenvalue weighted by Gasteiger charge is -2.35. The third kappa shape index (κ3) is 2.23. The number of carbonyl (C=O) groups excluding carboxylic acids is 2. The monoisotopic (exact) mass is 358 g/mol. The molecule has 5 heteroatoms. The molecule has 96 valence electrons. The van der Waals surface area contributed by atoms with Gasteiger partial charge in [0.2, 0.25) is 11.8 Å². The van der Waals surface area contributed by atoms with Crippen LogP contribution in [0.3, 0.4) is 0 Å². The van der Waals surface area contributed by atoms with Gasteiger partial charge in [-0.1, -0.05) is 13.0 Å². The van der Waals surface area contributed by atoms with E-state index in [2.05, 4.69) is 27.9 Å². The molecule has 1 atom stereocenters. The zero-order valence-electron chi connectivity index (χ0n) is 10.4. The number of rotatable bonds is 2. The first-order valence-corrected chi connectivity index (χ1v) is 6.99. The van der Waals surface area contributed by atoms with Gasteiger partial charge < -0.3 is 5.32 Å². The molecule has 0 spiro atoms. The Bertz CT molecular complexity index is 502. The van der Waals surface area contributed by atoms with Crippen LogP contribution in [0.1, 0.15) is 18.9 Å². The molecule has 1 aromatic rings. The number of piperazine rings is 1. The summed E-state index contributed by atoms with van der Waals surface area (Å²) in [4.78, 5) is 25.6. The molecular formula is C13H15IN2O2. The van der Waals surface area contributed by atoms with Crippen LogP contribution in [0.2, 0.25) is 0 Å². The highest BCUT2D eigenvalue weighted by atomic mass is 127. The maximum Gasteiger partial charge on any atom is 0.247 e. The average Bonchev–Trinajstić information content (AvgIpc) is 2.36. The average molecular weight is 358 g/mol. The molecule has 0 aliphatic carbocycles. The summed E-state index contributed by atoms with van der Waals surface area (Å²) in [5.41, 5.74) is 1.88. The van der Waals surface area contributed by atoms with Crippen molar-refractivity contribution in [3.63, 3.8) is 0 Å². The predicted molar refractivity (Wildman–Crippen MR) is 78.5 cm³/mol. The number of hydrogen-bond donors (Lipinski definition) is 1. The highest BCUT2D eigenvalue weighted by Crippen LogP contribution is 2.28. The molecule has 2 rings (SSSR count). The van der Waals surface area contributed by atoms with Crippen LogP contribution < -0.4 is 10.2 Å². The van der Waals surface area contributed by atoms with E-state index in [-0.39, 0.29) is 18.4 Å². The smallest absolute Gasteiger partial charge is 0.247 e. The van der Waals surface area contributed by atoms with Gasteiger partial charge in [-0.2, -0.15) is 0 Å². The lowest BCUT2D eigenvalue weighted by molar-refractivity contribution is -0.131. The lowest BCUT2D eigenvalue weighted by atomic mass is 10.1. The molecule has 4 nitrogen and oxygen atoms in total. The van der Waals surface area contributed by atoms with Gasteiger partial charge in [-0.05, 0) is 53.6 Å². The molecule has 1 N–H and O–H groups in total. The van der Waals surface area contributed by atoms with Crippen LogP contribution in [-0.2, 0) is 9.59 Å². The van der Waals surface area contributed by atoms with Crippen molar-refractivity contribution in [2.45, 2.75) is 26.3 Å². The summed E-state index contributed by atoms with van der Waals surface area (Å²) in [5, 5.41) is 2.63. The van der Waals surface area contributed by atoms with Gasteiger partial charge in [0.25, 0.3) is 0 Å². The molecule has 1 aliphatic rings. The van der Waals surface area contributed by atoms with Gasteiger partial charge in [0.15, 0.2) is 0 Å². The second-order valence-electron chi connectivity index (χ2n) is 4.29. The molecule has 0 saturated carbocycles. The first-order valence-electron chi connectivity index (χ1n) is 5.91. The molecule has 18 heavy (non-hydrogen) atoms. The minimum absolute atomic E-state index is 0.0495. The Morgan fingerprint density at radius 1 is 1.44 bits per heavy atom. The number of benzene rings is 1. The minimum Gasteiger partial charge on any atom is -0.345 e. The first-order chi connectivity index (χ1) is 8.56. The van der Waals surface area contributed by atoms with Crippen LogP contribution in [0.4, 0.5) is 5.69 Å². The highest BCUT2D eigenvalue weighted by Gasteiger charge is 2.34. The fourth-order valence-corrected chi connectivity index (χ4v) is 2.67. The van der Waals surface area contributed by atoms with Gasteiger partial charge >= 0.3 is 0 Å². The highest BCUT2D eigenvalue weighted by molar-refractivity contribution is 14.1. The maximum atomic E-state index is 12.1. The van der Waals surface area contributed by atoms with Gasteiger partial charge in [-0.15, -0.1) is 0 Å². The van der Waals surface area contributed by atoms with E-state index in [4.69, 9.17) is 0 Å². The zero-order chi connectivity index (χ0) is 13.3. The summed E-state index contributed by atoms with van der Waals surface area (Å²) in [6.07, 6.45) is 0.614. The van der Waals surface area contributed by atoms with E-state index in [0.29, 0.717) is 6.42 Å². The molecule has 0 radical (unpaired) electrons. The summed E-state index contributed by atoms with van der Waals surface area (Å²) in [5.74, 6) is -0.123. The van der Waals surface area contributed by atoms with Crippen LogP contribution >= 0.6 is 22.6 Å². The third-order valence-electron chi connectivity index (χ3n) is 3.18. The molecular weight excluding hydrogens is 343 g/mol. The molecule has 1 aromatic carbocycles. The fourth-order valence-electron chi connectivity index (χ4n) is 2.18. The Balaban J connectivity index is 2.48. The van der Waals surface area contributed by atoms with Crippen LogP contribution in [0.5, 0.6) is 0 Å². The molecule has 2 amide bonds. The second kappa shape index (κ2) is 5.26. The fraction of sp³-hybridized carbons (Fsp3) is 0.385. The largest absolute Gasteiger partial charge is 0.345 e. The number of nitrogens with zero attached hydrogens (tertiary/aromatic N) is 1. The molecule has 1 heterocycles. The van der Waals surface area contributed by atoms with Crippen LogP contribution in [-0.4, -0.2) is 24.4 Å². The summed E-state index contributed by atoms with van der Waals surface area (Å²) >= 11 is 2.24. The number of anilines is 1. The molecule has 1 saturated heterocycles. The van der Waals surface area contributed by atoms with Crippen LogP contribution in [0, 0.1) is 10.5 Å². The number of nitrogens with one attached hydrogen (secondary N) is 1. The van der Waals surface area contributed by atoms with E-state index in [0.717, 1.165) is 14.8 Å². The quantitative estimate of drug-likeness (QED) is 0.821. The summed E-state index contributed by atoms with van der Waals surface area (Å²) < 4.78 is 1.10. The third-order valence-corrected chi connectivity index (χ3v) is 4.35. The van der Waals surface area contributed by atoms with Gasteiger partial charge in [0.05, 0.1) is 6.54 Å². The Morgan fingerprint density at radius 3 is 2.83 bits per heavy atom. The number of hydrogen-bond acceptors (Lipinski definition) is 2.